The van der Waals surface area contributed by atoms with Gasteiger partial charge in [0.05, 0.1) is 12.6 Å². The molecular formula is C18H14F3NO3. The Morgan fingerprint density at radius 3 is 2.48 bits per heavy atom. The highest BCUT2D eigenvalue weighted by atomic mass is 19.2. The molecule has 0 aliphatic carbocycles. The number of nitrogens with one attached hydrogen (secondary N) is 1. The summed E-state index contributed by atoms with van der Waals surface area (Å²) >= 11 is 0. The van der Waals surface area contributed by atoms with Gasteiger partial charge in [-0.3, -0.25) is 4.79 Å². The van der Waals surface area contributed by atoms with E-state index in [4.69, 9.17) is 4.42 Å². The molecule has 1 aromatic heterocycles. The molecule has 0 saturated heterocycles. The van der Waals surface area contributed by atoms with E-state index in [0.717, 1.165) is 23.1 Å². The first-order valence-corrected chi connectivity index (χ1v) is 7.45. The molecule has 2 aromatic carbocycles. The van der Waals surface area contributed by atoms with Gasteiger partial charge in [-0.05, 0) is 42.8 Å². The molecule has 1 atom stereocenters. The van der Waals surface area contributed by atoms with Crippen LogP contribution in [0.4, 0.5) is 13.2 Å². The normalized spacial score (nSPS) is 12.4. The Balaban J connectivity index is 1.86. The standard InChI is InChI=1S/C18H14F3NO3/c1-9-2-3-15-11(4-9)7-16(25-15)18(24)22-14(8-23)10-5-12(19)17(21)13(20)6-10/h2-7,14,23H,8H2,1H3,(H,22,24). The zero-order valence-corrected chi connectivity index (χ0v) is 13.1. The van der Waals surface area contributed by atoms with Gasteiger partial charge in [0.25, 0.3) is 5.91 Å². The SMILES string of the molecule is Cc1ccc2oc(C(=O)NC(CO)c3cc(F)c(F)c(F)c3)cc2c1. The topological polar surface area (TPSA) is 62.5 Å². The third kappa shape index (κ3) is 3.36. The summed E-state index contributed by atoms with van der Waals surface area (Å²) in [5, 5.41) is 12.6. The average molecular weight is 349 g/mol. The predicted molar refractivity (Wildman–Crippen MR) is 84.6 cm³/mol. The molecule has 0 spiro atoms. The van der Waals surface area contributed by atoms with E-state index in [1.165, 1.54) is 6.07 Å². The Bertz CT molecular complexity index is 929. The van der Waals surface area contributed by atoms with Crippen LogP contribution < -0.4 is 5.32 Å². The van der Waals surface area contributed by atoms with Gasteiger partial charge in [0.15, 0.2) is 23.2 Å². The van der Waals surface area contributed by atoms with Crippen molar-refractivity contribution in [3.05, 3.63) is 70.7 Å². The molecule has 2 N–H and O–H groups in total. The minimum absolute atomic E-state index is 0.0119. The monoisotopic (exact) mass is 349 g/mol. The van der Waals surface area contributed by atoms with Crippen LogP contribution >= 0.6 is 0 Å². The maximum atomic E-state index is 13.3. The molecular weight excluding hydrogens is 335 g/mol. The van der Waals surface area contributed by atoms with E-state index < -0.39 is 36.0 Å². The Hall–Kier alpha value is -2.80. The number of benzene rings is 2. The van der Waals surface area contributed by atoms with Crippen LogP contribution in [0.15, 0.2) is 40.8 Å². The number of rotatable bonds is 4. The van der Waals surface area contributed by atoms with E-state index in [9.17, 15) is 23.1 Å². The lowest BCUT2D eigenvalue weighted by atomic mass is 10.1. The minimum atomic E-state index is -1.61. The Morgan fingerprint density at radius 2 is 1.84 bits per heavy atom. The fourth-order valence-corrected chi connectivity index (χ4v) is 2.51. The van der Waals surface area contributed by atoms with Crippen LogP contribution in [0.2, 0.25) is 0 Å². The molecule has 1 heterocycles. The van der Waals surface area contributed by atoms with Gasteiger partial charge >= 0.3 is 0 Å². The van der Waals surface area contributed by atoms with Crippen molar-refractivity contribution in [2.45, 2.75) is 13.0 Å². The molecule has 4 nitrogen and oxygen atoms in total. The van der Waals surface area contributed by atoms with Gasteiger partial charge in [-0.25, -0.2) is 13.2 Å². The molecule has 25 heavy (non-hydrogen) atoms. The van der Waals surface area contributed by atoms with Gasteiger partial charge in [0, 0.05) is 5.39 Å². The van der Waals surface area contributed by atoms with Crippen molar-refractivity contribution in [2.75, 3.05) is 6.61 Å². The molecule has 0 fully saturated rings. The zero-order chi connectivity index (χ0) is 18.1. The number of aryl methyl sites for hydroxylation is 1. The van der Waals surface area contributed by atoms with E-state index in [-0.39, 0.29) is 11.3 Å². The number of aliphatic hydroxyl groups excluding tert-OH is 1. The van der Waals surface area contributed by atoms with Gasteiger partial charge in [-0.2, -0.15) is 0 Å². The van der Waals surface area contributed by atoms with E-state index in [0.29, 0.717) is 5.58 Å². The Morgan fingerprint density at radius 1 is 1.16 bits per heavy atom. The van der Waals surface area contributed by atoms with Crippen molar-refractivity contribution in [2.24, 2.45) is 0 Å². The first-order valence-electron chi connectivity index (χ1n) is 7.45. The number of hydrogen-bond donors (Lipinski definition) is 2. The molecule has 130 valence electrons. The molecule has 3 rings (SSSR count). The van der Waals surface area contributed by atoms with Crippen molar-refractivity contribution in [3.8, 4) is 0 Å². The number of carbonyl (C=O) groups excluding carboxylic acids is 1. The average Bonchev–Trinajstić information content (AvgIpc) is 3.00. The largest absolute Gasteiger partial charge is 0.451 e. The summed E-state index contributed by atoms with van der Waals surface area (Å²) in [6.45, 7) is 1.27. The second kappa shape index (κ2) is 6.60. The summed E-state index contributed by atoms with van der Waals surface area (Å²) in [5.41, 5.74) is 1.40. The highest BCUT2D eigenvalue weighted by molar-refractivity contribution is 5.96. The maximum Gasteiger partial charge on any atom is 0.287 e. The Kier molecular flexibility index (Phi) is 4.50. The highest BCUT2D eigenvalue weighted by Crippen LogP contribution is 2.23. The smallest absolute Gasteiger partial charge is 0.287 e. The van der Waals surface area contributed by atoms with Crippen LogP contribution in [-0.4, -0.2) is 17.6 Å². The van der Waals surface area contributed by atoms with Crippen molar-refractivity contribution >= 4 is 16.9 Å². The van der Waals surface area contributed by atoms with Crippen LogP contribution in [0.1, 0.15) is 27.7 Å². The van der Waals surface area contributed by atoms with Crippen molar-refractivity contribution in [1.29, 1.82) is 0 Å². The van der Waals surface area contributed by atoms with Crippen molar-refractivity contribution in [1.82, 2.24) is 5.32 Å². The lowest BCUT2D eigenvalue weighted by molar-refractivity contribution is 0.0890. The van der Waals surface area contributed by atoms with Gasteiger partial charge in [-0.1, -0.05) is 11.6 Å². The molecule has 0 saturated carbocycles. The third-order valence-electron chi connectivity index (χ3n) is 3.79. The van der Waals surface area contributed by atoms with Gasteiger partial charge in [-0.15, -0.1) is 0 Å². The first-order chi connectivity index (χ1) is 11.9. The van der Waals surface area contributed by atoms with Crippen LogP contribution in [0.5, 0.6) is 0 Å². The summed E-state index contributed by atoms with van der Waals surface area (Å²) in [5.74, 6) is -5.09. The fourth-order valence-electron chi connectivity index (χ4n) is 2.51. The van der Waals surface area contributed by atoms with E-state index >= 15 is 0 Å². The van der Waals surface area contributed by atoms with Crippen LogP contribution in [-0.2, 0) is 0 Å². The van der Waals surface area contributed by atoms with Gasteiger partial charge in [0.2, 0.25) is 0 Å². The van der Waals surface area contributed by atoms with Gasteiger partial charge < -0.3 is 14.8 Å². The third-order valence-corrected chi connectivity index (χ3v) is 3.79. The molecule has 1 amide bonds. The van der Waals surface area contributed by atoms with E-state index in [1.54, 1.807) is 6.07 Å². The Labute approximate surface area is 140 Å². The number of furan rings is 1. The number of halogens is 3. The molecule has 7 heteroatoms. The quantitative estimate of drug-likeness (QED) is 0.707. The number of hydrogen-bond acceptors (Lipinski definition) is 3. The number of fused-ring (bicyclic) bond motifs is 1. The molecule has 0 aliphatic heterocycles. The number of carbonyl (C=O) groups is 1. The van der Waals surface area contributed by atoms with E-state index in [2.05, 4.69) is 5.32 Å². The fraction of sp³-hybridized carbons (Fsp3) is 0.167. The minimum Gasteiger partial charge on any atom is -0.451 e. The maximum absolute atomic E-state index is 13.3. The van der Waals surface area contributed by atoms with Gasteiger partial charge in [0.1, 0.15) is 5.58 Å². The summed E-state index contributed by atoms with van der Waals surface area (Å²) in [7, 11) is 0. The summed E-state index contributed by atoms with van der Waals surface area (Å²) in [4.78, 5) is 12.3. The second-order valence-electron chi connectivity index (χ2n) is 5.66. The van der Waals surface area contributed by atoms with Crippen LogP contribution in [0.3, 0.4) is 0 Å². The molecule has 1 unspecified atom stereocenters. The second-order valence-corrected chi connectivity index (χ2v) is 5.66. The number of amides is 1. The van der Waals surface area contributed by atoms with Crippen molar-refractivity contribution in [3.63, 3.8) is 0 Å². The number of aliphatic hydroxyl groups is 1. The zero-order valence-electron chi connectivity index (χ0n) is 13.1. The first kappa shape index (κ1) is 17.0. The summed E-state index contributed by atoms with van der Waals surface area (Å²) in [6.07, 6.45) is 0. The van der Waals surface area contributed by atoms with Crippen LogP contribution in [0, 0.1) is 24.4 Å². The molecule has 0 aliphatic rings. The lowest BCUT2D eigenvalue weighted by Crippen LogP contribution is -2.30. The molecule has 0 bridgehead atoms. The molecule has 3 aromatic rings. The lowest BCUT2D eigenvalue weighted by Gasteiger charge is -2.16. The summed E-state index contributed by atoms with van der Waals surface area (Å²) < 4.78 is 45.2. The highest BCUT2D eigenvalue weighted by Gasteiger charge is 2.21. The molecule has 0 radical (unpaired) electrons. The van der Waals surface area contributed by atoms with Crippen molar-refractivity contribution < 1.29 is 27.5 Å². The predicted octanol–water partition coefficient (Wildman–Crippen LogP) is 3.62. The van der Waals surface area contributed by atoms with E-state index in [1.807, 2.05) is 19.1 Å². The van der Waals surface area contributed by atoms with Crippen LogP contribution in [0.25, 0.3) is 11.0 Å². The summed E-state index contributed by atoms with van der Waals surface area (Å²) in [6, 6.07) is 7.24.